The van der Waals surface area contributed by atoms with Crippen LogP contribution in [0.5, 0.6) is 0 Å². The summed E-state index contributed by atoms with van der Waals surface area (Å²) in [6.07, 6.45) is 7.08. The molecule has 1 atom stereocenters. The summed E-state index contributed by atoms with van der Waals surface area (Å²) in [6, 6.07) is 2.86. The topological polar surface area (TPSA) is 47.7 Å². The standard InChI is InChI=1S/C14H23N5/c1-5-12(4)18-7-6-14(17-18)15-8-13-9-16-19(10-13)11(2)3/h6-7,9-12H,5,8H2,1-4H3,(H,15,17). The molecule has 1 unspecified atom stereocenters. The number of nitrogens with one attached hydrogen (secondary N) is 1. The zero-order valence-corrected chi connectivity index (χ0v) is 12.2. The zero-order valence-electron chi connectivity index (χ0n) is 12.2. The molecule has 104 valence electrons. The maximum absolute atomic E-state index is 4.52. The lowest BCUT2D eigenvalue weighted by atomic mass is 10.3. The first-order valence-electron chi connectivity index (χ1n) is 6.92. The van der Waals surface area contributed by atoms with Gasteiger partial charge in [0.05, 0.1) is 6.20 Å². The molecule has 0 bridgehead atoms. The Kier molecular flexibility index (Phi) is 4.24. The number of nitrogens with zero attached hydrogens (tertiary/aromatic N) is 4. The van der Waals surface area contributed by atoms with Crippen LogP contribution in [0.4, 0.5) is 5.82 Å². The van der Waals surface area contributed by atoms with Crippen LogP contribution in [0.25, 0.3) is 0 Å². The number of aromatic nitrogens is 4. The van der Waals surface area contributed by atoms with E-state index in [2.05, 4.69) is 49.4 Å². The molecule has 5 nitrogen and oxygen atoms in total. The van der Waals surface area contributed by atoms with Crippen LogP contribution in [0.1, 0.15) is 51.8 Å². The molecule has 2 aromatic heterocycles. The average Bonchev–Trinajstić information content (AvgIpc) is 3.04. The molecule has 0 amide bonds. The summed E-state index contributed by atoms with van der Waals surface area (Å²) >= 11 is 0. The molecule has 0 radical (unpaired) electrons. The molecule has 0 saturated carbocycles. The molecule has 5 heteroatoms. The van der Waals surface area contributed by atoms with E-state index in [1.54, 1.807) is 0 Å². The van der Waals surface area contributed by atoms with E-state index < -0.39 is 0 Å². The summed E-state index contributed by atoms with van der Waals surface area (Å²) in [5.41, 5.74) is 1.17. The fourth-order valence-corrected chi connectivity index (χ4v) is 1.81. The van der Waals surface area contributed by atoms with E-state index in [1.807, 2.05) is 27.8 Å². The van der Waals surface area contributed by atoms with E-state index in [1.165, 1.54) is 5.56 Å². The maximum Gasteiger partial charge on any atom is 0.148 e. The van der Waals surface area contributed by atoms with E-state index >= 15 is 0 Å². The SMILES string of the molecule is CCC(C)n1ccc(NCc2cnn(C(C)C)c2)n1. The number of rotatable bonds is 6. The predicted octanol–water partition coefficient (Wildman–Crippen LogP) is 3.24. The monoisotopic (exact) mass is 261 g/mol. The molecule has 0 aliphatic heterocycles. The Bertz CT molecular complexity index is 511. The Hall–Kier alpha value is -1.78. The minimum atomic E-state index is 0.401. The second-order valence-electron chi connectivity index (χ2n) is 5.21. The lowest BCUT2D eigenvalue weighted by Gasteiger charge is -2.08. The second kappa shape index (κ2) is 5.91. The van der Waals surface area contributed by atoms with E-state index in [9.17, 15) is 0 Å². The molecule has 2 heterocycles. The Morgan fingerprint density at radius 1 is 1.26 bits per heavy atom. The molecule has 0 aromatic carbocycles. The third-order valence-corrected chi connectivity index (χ3v) is 3.31. The fourth-order valence-electron chi connectivity index (χ4n) is 1.81. The van der Waals surface area contributed by atoms with Crippen molar-refractivity contribution in [3.05, 3.63) is 30.2 Å². The van der Waals surface area contributed by atoms with Crippen molar-refractivity contribution in [3.63, 3.8) is 0 Å². The highest BCUT2D eigenvalue weighted by molar-refractivity contribution is 5.33. The first-order chi connectivity index (χ1) is 9.10. The molecule has 2 aromatic rings. The van der Waals surface area contributed by atoms with Gasteiger partial charge in [-0.3, -0.25) is 9.36 Å². The molecule has 0 saturated heterocycles. The summed E-state index contributed by atoms with van der Waals surface area (Å²) in [5, 5.41) is 12.2. The lowest BCUT2D eigenvalue weighted by molar-refractivity contribution is 0.479. The minimum Gasteiger partial charge on any atom is -0.364 e. The summed E-state index contributed by atoms with van der Waals surface area (Å²) in [5.74, 6) is 0.914. The molecule has 0 fully saturated rings. The third kappa shape index (κ3) is 3.36. The predicted molar refractivity (Wildman–Crippen MR) is 77.2 cm³/mol. The summed E-state index contributed by atoms with van der Waals surface area (Å²) in [6.45, 7) is 9.34. The number of hydrogen-bond acceptors (Lipinski definition) is 3. The van der Waals surface area contributed by atoms with Gasteiger partial charge in [0.15, 0.2) is 0 Å². The molecule has 2 rings (SSSR count). The van der Waals surface area contributed by atoms with Crippen molar-refractivity contribution in [1.82, 2.24) is 19.6 Å². The van der Waals surface area contributed by atoms with Crippen molar-refractivity contribution in [1.29, 1.82) is 0 Å². The Labute approximate surface area is 114 Å². The minimum absolute atomic E-state index is 0.401. The highest BCUT2D eigenvalue weighted by Crippen LogP contribution is 2.13. The van der Waals surface area contributed by atoms with Gasteiger partial charge in [0.1, 0.15) is 5.82 Å². The van der Waals surface area contributed by atoms with E-state index in [0.717, 1.165) is 18.8 Å². The molecular weight excluding hydrogens is 238 g/mol. The van der Waals surface area contributed by atoms with Gasteiger partial charge in [-0.15, -0.1) is 0 Å². The third-order valence-electron chi connectivity index (χ3n) is 3.31. The second-order valence-corrected chi connectivity index (χ2v) is 5.21. The average molecular weight is 261 g/mol. The van der Waals surface area contributed by atoms with Crippen molar-refractivity contribution in [2.45, 2.75) is 52.7 Å². The van der Waals surface area contributed by atoms with Crippen LogP contribution in [0.2, 0.25) is 0 Å². The Morgan fingerprint density at radius 2 is 2.05 bits per heavy atom. The zero-order chi connectivity index (χ0) is 13.8. The summed E-state index contributed by atoms with van der Waals surface area (Å²) in [7, 11) is 0. The van der Waals surface area contributed by atoms with Gasteiger partial charge in [-0.1, -0.05) is 6.92 Å². The van der Waals surface area contributed by atoms with Crippen molar-refractivity contribution >= 4 is 5.82 Å². The van der Waals surface area contributed by atoms with Crippen molar-refractivity contribution in [2.24, 2.45) is 0 Å². The van der Waals surface area contributed by atoms with Crippen LogP contribution in [0, 0.1) is 0 Å². The molecule has 0 aliphatic carbocycles. The first-order valence-corrected chi connectivity index (χ1v) is 6.92. The fraction of sp³-hybridized carbons (Fsp3) is 0.571. The van der Waals surface area contributed by atoms with Crippen LogP contribution in [-0.4, -0.2) is 19.6 Å². The highest BCUT2D eigenvalue weighted by atomic mass is 15.3. The van der Waals surface area contributed by atoms with Crippen molar-refractivity contribution in [3.8, 4) is 0 Å². The van der Waals surface area contributed by atoms with Crippen LogP contribution in [0.3, 0.4) is 0 Å². The largest absolute Gasteiger partial charge is 0.364 e. The van der Waals surface area contributed by atoms with Gasteiger partial charge in [-0.05, 0) is 27.2 Å². The van der Waals surface area contributed by atoms with Crippen LogP contribution in [-0.2, 0) is 6.54 Å². The normalized spacial score (nSPS) is 12.9. The van der Waals surface area contributed by atoms with Crippen LogP contribution >= 0.6 is 0 Å². The van der Waals surface area contributed by atoms with Crippen molar-refractivity contribution < 1.29 is 0 Å². The maximum atomic E-state index is 4.52. The Balaban J connectivity index is 1.92. The smallest absolute Gasteiger partial charge is 0.148 e. The lowest BCUT2D eigenvalue weighted by Crippen LogP contribution is -2.06. The van der Waals surface area contributed by atoms with Gasteiger partial charge in [-0.25, -0.2) is 0 Å². The highest BCUT2D eigenvalue weighted by Gasteiger charge is 2.05. The molecule has 0 aliphatic rings. The van der Waals surface area contributed by atoms with Crippen LogP contribution < -0.4 is 5.32 Å². The van der Waals surface area contributed by atoms with Gasteiger partial charge in [0.25, 0.3) is 0 Å². The van der Waals surface area contributed by atoms with Crippen molar-refractivity contribution in [2.75, 3.05) is 5.32 Å². The molecule has 19 heavy (non-hydrogen) atoms. The first kappa shape index (κ1) is 13.6. The van der Waals surface area contributed by atoms with E-state index in [0.29, 0.717) is 12.1 Å². The van der Waals surface area contributed by atoms with Gasteiger partial charge in [0.2, 0.25) is 0 Å². The summed E-state index contributed by atoms with van der Waals surface area (Å²) in [4.78, 5) is 0. The number of hydrogen-bond donors (Lipinski definition) is 1. The molecule has 1 N–H and O–H groups in total. The summed E-state index contributed by atoms with van der Waals surface area (Å²) < 4.78 is 3.97. The quantitative estimate of drug-likeness (QED) is 0.868. The van der Waals surface area contributed by atoms with Gasteiger partial charge in [-0.2, -0.15) is 10.2 Å². The van der Waals surface area contributed by atoms with Crippen LogP contribution in [0.15, 0.2) is 24.7 Å². The number of anilines is 1. The van der Waals surface area contributed by atoms with Gasteiger partial charge in [0, 0.05) is 42.7 Å². The van der Waals surface area contributed by atoms with E-state index in [4.69, 9.17) is 0 Å². The van der Waals surface area contributed by atoms with Gasteiger partial charge >= 0.3 is 0 Å². The van der Waals surface area contributed by atoms with E-state index in [-0.39, 0.29) is 0 Å². The Morgan fingerprint density at radius 3 is 2.68 bits per heavy atom. The molecule has 0 spiro atoms. The van der Waals surface area contributed by atoms with Gasteiger partial charge < -0.3 is 5.32 Å². The molecular formula is C14H23N5.